The smallest absolute Gasteiger partial charge is 0.0935 e. The third kappa shape index (κ3) is 4.59. The Bertz CT molecular complexity index is 749. The second-order valence-electron chi connectivity index (χ2n) is 5.70. The third-order valence-electron chi connectivity index (χ3n) is 4.00. The van der Waals surface area contributed by atoms with Gasteiger partial charge in [0.25, 0.3) is 0 Å². The fourth-order valence-electron chi connectivity index (χ4n) is 2.59. The third-order valence-corrected chi connectivity index (χ3v) is 4.82. The number of anilines is 2. The normalized spacial score (nSPS) is 15.4. The lowest BCUT2D eigenvalue weighted by atomic mass is 10.1. The van der Waals surface area contributed by atoms with Crippen LogP contribution in [0.4, 0.5) is 11.4 Å². The minimum Gasteiger partial charge on any atom is -0.378 e. The summed E-state index contributed by atoms with van der Waals surface area (Å²) in [6, 6.07) is 11.6. The van der Waals surface area contributed by atoms with Crippen LogP contribution in [0.15, 0.2) is 41.5 Å². The highest BCUT2D eigenvalue weighted by molar-refractivity contribution is 6.41. The molecule has 0 spiro atoms. The molecule has 2 aromatic rings. The number of nitrogens with zero attached hydrogens (tertiary/aromatic N) is 2. The van der Waals surface area contributed by atoms with E-state index in [9.17, 15) is 0 Å². The average molecular weight is 399 g/mol. The van der Waals surface area contributed by atoms with Gasteiger partial charge in [-0.15, -0.1) is 0 Å². The standard InChI is InChI=1S/C18H18Cl3N3O/c1-12(22-23-18-16(20)10-14(19)11-17(18)21)13-2-4-15(5-3-13)24-6-8-25-9-7-24/h2-5,10-11,23H,6-9H2,1H3/b22-12+. The predicted octanol–water partition coefficient (Wildman–Crippen LogP) is 5.32. The van der Waals surface area contributed by atoms with E-state index in [0.29, 0.717) is 20.8 Å². The molecule has 0 bridgehead atoms. The molecule has 1 aliphatic heterocycles. The largest absolute Gasteiger partial charge is 0.378 e. The van der Waals surface area contributed by atoms with E-state index < -0.39 is 0 Å². The van der Waals surface area contributed by atoms with Crippen molar-refractivity contribution < 1.29 is 4.74 Å². The van der Waals surface area contributed by atoms with Gasteiger partial charge in [-0.05, 0) is 36.8 Å². The highest BCUT2D eigenvalue weighted by atomic mass is 35.5. The van der Waals surface area contributed by atoms with Crippen LogP contribution >= 0.6 is 34.8 Å². The van der Waals surface area contributed by atoms with Gasteiger partial charge in [0, 0.05) is 23.8 Å². The molecule has 0 amide bonds. The molecule has 1 fully saturated rings. The van der Waals surface area contributed by atoms with E-state index in [1.165, 1.54) is 5.69 Å². The molecule has 0 atom stereocenters. The van der Waals surface area contributed by atoms with Crippen LogP contribution in [0.3, 0.4) is 0 Å². The number of hydrogen-bond acceptors (Lipinski definition) is 4. The molecule has 132 valence electrons. The fourth-order valence-corrected chi connectivity index (χ4v) is 3.49. The first-order valence-electron chi connectivity index (χ1n) is 7.92. The predicted molar refractivity (Wildman–Crippen MR) is 107 cm³/mol. The van der Waals surface area contributed by atoms with Crippen LogP contribution in [0, 0.1) is 0 Å². The maximum atomic E-state index is 6.15. The van der Waals surface area contributed by atoms with E-state index in [2.05, 4.69) is 39.7 Å². The number of rotatable bonds is 4. The van der Waals surface area contributed by atoms with Crippen molar-refractivity contribution in [3.05, 3.63) is 57.0 Å². The highest BCUT2D eigenvalue weighted by Gasteiger charge is 2.11. The molecule has 0 aromatic heterocycles. The highest BCUT2D eigenvalue weighted by Crippen LogP contribution is 2.33. The van der Waals surface area contributed by atoms with Crippen LogP contribution in [0.5, 0.6) is 0 Å². The van der Waals surface area contributed by atoms with Crippen molar-refractivity contribution in [2.75, 3.05) is 36.6 Å². The SMILES string of the molecule is C/C(=N\Nc1c(Cl)cc(Cl)cc1Cl)c1ccc(N2CCOCC2)cc1. The summed E-state index contributed by atoms with van der Waals surface area (Å²) in [4.78, 5) is 2.31. The summed E-state index contributed by atoms with van der Waals surface area (Å²) in [5.74, 6) is 0. The minimum atomic E-state index is 0.428. The topological polar surface area (TPSA) is 36.9 Å². The van der Waals surface area contributed by atoms with Crippen LogP contribution in [0.2, 0.25) is 15.1 Å². The first-order valence-corrected chi connectivity index (χ1v) is 9.06. The lowest BCUT2D eigenvalue weighted by Crippen LogP contribution is -2.36. The fraction of sp³-hybridized carbons (Fsp3) is 0.278. The van der Waals surface area contributed by atoms with Crippen molar-refractivity contribution in [1.29, 1.82) is 0 Å². The summed E-state index contributed by atoms with van der Waals surface area (Å²) in [6.07, 6.45) is 0. The molecule has 25 heavy (non-hydrogen) atoms. The van der Waals surface area contributed by atoms with E-state index in [0.717, 1.165) is 37.6 Å². The zero-order chi connectivity index (χ0) is 17.8. The number of ether oxygens (including phenoxy) is 1. The Morgan fingerprint density at radius 1 is 1.04 bits per heavy atom. The average Bonchev–Trinajstić information content (AvgIpc) is 2.61. The van der Waals surface area contributed by atoms with Gasteiger partial charge < -0.3 is 9.64 Å². The molecular formula is C18H18Cl3N3O. The molecule has 1 aliphatic rings. The van der Waals surface area contributed by atoms with E-state index in [1.54, 1.807) is 12.1 Å². The first kappa shape index (κ1) is 18.3. The second kappa shape index (κ2) is 8.28. The monoisotopic (exact) mass is 397 g/mol. The number of hydrazone groups is 1. The van der Waals surface area contributed by atoms with Crippen LogP contribution in [0.1, 0.15) is 12.5 Å². The van der Waals surface area contributed by atoms with E-state index >= 15 is 0 Å². The van der Waals surface area contributed by atoms with Gasteiger partial charge in [0.1, 0.15) is 0 Å². The van der Waals surface area contributed by atoms with Crippen LogP contribution in [-0.4, -0.2) is 32.0 Å². The second-order valence-corrected chi connectivity index (χ2v) is 6.95. The molecule has 2 aromatic carbocycles. The van der Waals surface area contributed by atoms with Crippen LogP contribution < -0.4 is 10.3 Å². The van der Waals surface area contributed by atoms with E-state index in [-0.39, 0.29) is 0 Å². The Morgan fingerprint density at radius 3 is 2.24 bits per heavy atom. The van der Waals surface area contributed by atoms with Crippen molar-refractivity contribution in [3.63, 3.8) is 0 Å². The van der Waals surface area contributed by atoms with Gasteiger partial charge in [-0.1, -0.05) is 46.9 Å². The maximum absolute atomic E-state index is 6.15. The number of benzene rings is 2. The summed E-state index contributed by atoms with van der Waals surface area (Å²) in [7, 11) is 0. The first-order chi connectivity index (χ1) is 12.0. The molecular weight excluding hydrogens is 381 g/mol. The maximum Gasteiger partial charge on any atom is 0.0935 e. The van der Waals surface area contributed by atoms with Gasteiger partial charge in [0.2, 0.25) is 0 Å². The van der Waals surface area contributed by atoms with Gasteiger partial charge in [-0.2, -0.15) is 5.10 Å². The van der Waals surface area contributed by atoms with Gasteiger partial charge in [0.15, 0.2) is 0 Å². The number of morpholine rings is 1. The molecule has 0 unspecified atom stereocenters. The van der Waals surface area contributed by atoms with Gasteiger partial charge in [0.05, 0.1) is 34.7 Å². The van der Waals surface area contributed by atoms with Crippen LogP contribution in [0.25, 0.3) is 0 Å². The Hall–Kier alpha value is -1.46. The Kier molecular flexibility index (Phi) is 6.07. The Balaban J connectivity index is 1.72. The summed E-state index contributed by atoms with van der Waals surface area (Å²) in [5.41, 5.74) is 6.50. The molecule has 1 N–H and O–H groups in total. The van der Waals surface area contributed by atoms with Gasteiger partial charge in [-0.25, -0.2) is 0 Å². The Labute approximate surface area is 162 Å². The van der Waals surface area contributed by atoms with Crippen molar-refractivity contribution in [3.8, 4) is 0 Å². The minimum absolute atomic E-state index is 0.428. The van der Waals surface area contributed by atoms with Gasteiger partial charge in [-0.3, -0.25) is 5.43 Å². The molecule has 1 saturated heterocycles. The van der Waals surface area contributed by atoms with Crippen LogP contribution in [-0.2, 0) is 4.74 Å². The molecule has 1 heterocycles. The summed E-state index contributed by atoms with van der Waals surface area (Å²) in [6.45, 7) is 5.31. The zero-order valence-corrected chi connectivity index (χ0v) is 16.0. The lowest BCUT2D eigenvalue weighted by Gasteiger charge is -2.28. The molecule has 0 radical (unpaired) electrons. The number of nitrogens with one attached hydrogen (secondary N) is 1. The molecule has 4 nitrogen and oxygen atoms in total. The van der Waals surface area contributed by atoms with Crippen molar-refractivity contribution >= 4 is 51.9 Å². The lowest BCUT2D eigenvalue weighted by molar-refractivity contribution is 0.122. The summed E-state index contributed by atoms with van der Waals surface area (Å²) < 4.78 is 5.38. The number of halogens is 3. The Morgan fingerprint density at radius 2 is 1.64 bits per heavy atom. The summed E-state index contributed by atoms with van der Waals surface area (Å²) >= 11 is 18.2. The quantitative estimate of drug-likeness (QED) is 0.559. The van der Waals surface area contributed by atoms with Crippen molar-refractivity contribution in [1.82, 2.24) is 0 Å². The van der Waals surface area contributed by atoms with Gasteiger partial charge >= 0.3 is 0 Å². The zero-order valence-electron chi connectivity index (χ0n) is 13.7. The van der Waals surface area contributed by atoms with E-state index in [4.69, 9.17) is 39.5 Å². The summed E-state index contributed by atoms with van der Waals surface area (Å²) in [5, 5.41) is 5.72. The van der Waals surface area contributed by atoms with Crippen molar-refractivity contribution in [2.24, 2.45) is 5.10 Å². The molecule has 3 rings (SSSR count). The number of hydrogen-bond donors (Lipinski definition) is 1. The molecule has 7 heteroatoms. The van der Waals surface area contributed by atoms with Crippen molar-refractivity contribution in [2.45, 2.75) is 6.92 Å². The molecule has 0 saturated carbocycles. The van der Waals surface area contributed by atoms with E-state index in [1.807, 2.05) is 6.92 Å². The molecule has 0 aliphatic carbocycles.